The molecule has 1 aromatic heterocycles. The number of aromatic nitrogens is 2. The molecule has 1 aromatic rings. The maximum absolute atomic E-state index is 11.3. The Labute approximate surface area is 77.3 Å². The van der Waals surface area contributed by atoms with E-state index < -0.39 is 0 Å². The largest absolute Gasteiger partial charge is 0.350 e. The van der Waals surface area contributed by atoms with Crippen molar-refractivity contribution >= 4 is 5.91 Å². The molecule has 0 saturated heterocycles. The van der Waals surface area contributed by atoms with Gasteiger partial charge in [0.2, 0.25) is 0 Å². The van der Waals surface area contributed by atoms with Crippen LogP contribution in [-0.2, 0) is 7.05 Å². The molecule has 0 bridgehead atoms. The number of nitrogens with one attached hydrogen (secondary N) is 1. The van der Waals surface area contributed by atoms with Gasteiger partial charge in [0.25, 0.3) is 5.91 Å². The summed E-state index contributed by atoms with van der Waals surface area (Å²) in [5.74, 6) is -0.137. The van der Waals surface area contributed by atoms with Crippen molar-refractivity contribution in [1.82, 2.24) is 15.1 Å². The molecule has 4 nitrogen and oxygen atoms in total. The Kier molecular flexibility index (Phi) is 3.25. The number of nitrogens with zero attached hydrogens (tertiary/aromatic N) is 2. The summed E-state index contributed by atoms with van der Waals surface area (Å²) >= 11 is 0. The molecule has 0 atom stereocenters. The van der Waals surface area contributed by atoms with Gasteiger partial charge in [-0.15, -0.1) is 6.58 Å². The first-order chi connectivity index (χ1) is 6.24. The van der Waals surface area contributed by atoms with Gasteiger partial charge in [0, 0.05) is 19.8 Å². The van der Waals surface area contributed by atoms with E-state index in [2.05, 4.69) is 17.0 Å². The second-order valence-corrected chi connectivity index (χ2v) is 2.71. The third-order valence-electron chi connectivity index (χ3n) is 1.58. The van der Waals surface area contributed by atoms with E-state index in [-0.39, 0.29) is 5.91 Å². The van der Waals surface area contributed by atoms with Crippen LogP contribution in [0.3, 0.4) is 0 Å². The summed E-state index contributed by atoms with van der Waals surface area (Å²) in [4.78, 5) is 11.3. The SMILES string of the molecule is C=CCCNC(=O)c1ccn(C)n1. The zero-order valence-electron chi connectivity index (χ0n) is 7.66. The highest BCUT2D eigenvalue weighted by atomic mass is 16.1. The van der Waals surface area contributed by atoms with E-state index in [0.29, 0.717) is 12.2 Å². The molecule has 0 aromatic carbocycles. The van der Waals surface area contributed by atoms with Gasteiger partial charge in [0.1, 0.15) is 5.69 Å². The molecule has 1 N–H and O–H groups in total. The van der Waals surface area contributed by atoms with Gasteiger partial charge in [0.15, 0.2) is 0 Å². The summed E-state index contributed by atoms with van der Waals surface area (Å²) in [6.45, 7) is 4.17. The molecular weight excluding hydrogens is 166 g/mol. The normalized spacial score (nSPS) is 9.62. The smallest absolute Gasteiger partial charge is 0.271 e. The van der Waals surface area contributed by atoms with Crippen LogP contribution in [0.1, 0.15) is 16.9 Å². The Balaban J connectivity index is 2.44. The van der Waals surface area contributed by atoms with E-state index in [0.717, 1.165) is 6.42 Å². The van der Waals surface area contributed by atoms with Gasteiger partial charge in [-0.1, -0.05) is 6.08 Å². The third-order valence-corrected chi connectivity index (χ3v) is 1.58. The standard InChI is InChI=1S/C9H13N3O/c1-3-4-6-10-9(13)8-5-7-12(2)11-8/h3,5,7H,1,4,6H2,2H3,(H,10,13). The highest BCUT2D eigenvalue weighted by molar-refractivity contribution is 5.92. The summed E-state index contributed by atoms with van der Waals surface area (Å²) < 4.78 is 1.60. The van der Waals surface area contributed by atoms with E-state index in [1.54, 1.807) is 30.1 Å². The molecule has 0 radical (unpaired) electrons. The lowest BCUT2D eigenvalue weighted by Gasteiger charge is -1.98. The highest BCUT2D eigenvalue weighted by Gasteiger charge is 2.06. The number of hydrogen-bond donors (Lipinski definition) is 1. The first-order valence-electron chi connectivity index (χ1n) is 4.13. The zero-order valence-corrected chi connectivity index (χ0v) is 7.66. The van der Waals surface area contributed by atoms with Gasteiger partial charge < -0.3 is 5.32 Å². The van der Waals surface area contributed by atoms with Crippen molar-refractivity contribution in [1.29, 1.82) is 0 Å². The third kappa shape index (κ3) is 2.74. The fraction of sp³-hybridized carbons (Fsp3) is 0.333. The molecule has 4 heteroatoms. The maximum atomic E-state index is 11.3. The summed E-state index contributed by atoms with van der Waals surface area (Å²) in [7, 11) is 1.78. The number of carbonyl (C=O) groups is 1. The Bertz CT molecular complexity index is 304. The molecule has 70 valence electrons. The molecule has 0 aliphatic heterocycles. The van der Waals surface area contributed by atoms with Crippen LogP contribution in [0, 0.1) is 0 Å². The highest BCUT2D eigenvalue weighted by Crippen LogP contribution is 1.93. The summed E-state index contributed by atoms with van der Waals surface area (Å²) in [5, 5.41) is 6.70. The van der Waals surface area contributed by atoms with Crippen molar-refractivity contribution in [3.63, 3.8) is 0 Å². The van der Waals surface area contributed by atoms with Gasteiger partial charge in [-0.05, 0) is 12.5 Å². The quantitative estimate of drug-likeness (QED) is 0.547. The van der Waals surface area contributed by atoms with Gasteiger partial charge in [-0.25, -0.2) is 0 Å². The first kappa shape index (κ1) is 9.51. The average Bonchev–Trinajstić information content (AvgIpc) is 2.52. The van der Waals surface area contributed by atoms with E-state index in [1.165, 1.54) is 0 Å². The number of rotatable bonds is 4. The lowest BCUT2D eigenvalue weighted by molar-refractivity contribution is 0.0948. The predicted octanol–water partition coefficient (Wildman–Crippen LogP) is 0.726. The van der Waals surface area contributed by atoms with Crippen molar-refractivity contribution in [2.45, 2.75) is 6.42 Å². The summed E-state index contributed by atoms with van der Waals surface area (Å²) in [5.41, 5.74) is 0.451. The van der Waals surface area contributed by atoms with Crippen LogP contribution >= 0.6 is 0 Å². The topological polar surface area (TPSA) is 46.9 Å². The fourth-order valence-corrected chi connectivity index (χ4v) is 0.914. The molecule has 0 unspecified atom stereocenters. The molecule has 0 fully saturated rings. The molecule has 0 spiro atoms. The molecule has 0 aliphatic rings. The van der Waals surface area contributed by atoms with E-state index in [9.17, 15) is 4.79 Å². The minimum Gasteiger partial charge on any atom is -0.350 e. The van der Waals surface area contributed by atoms with Gasteiger partial charge >= 0.3 is 0 Å². The molecule has 13 heavy (non-hydrogen) atoms. The number of amides is 1. The van der Waals surface area contributed by atoms with Crippen molar-refractivity contribution in [2.24, 2.45) is 7.05 Å². The van der Waals surface area contributed by atoms with Crippen molar-refractivity contribution in [2.75, 3.05) is 6.54 Å². The van der Waals surface area contributed by atoms with Crippen LogP contribution in [0.5, 0.6) is 0 Å². The van der Waals surface area contributed by atoms with E-state index in [1.807, 2.05) is 0 Å². The lowest BCUT2D eigenvalue weighted by Crippen LogP contribution is -2.24. The molecule has 0 aliphatic carbocycles. The Hall–Kier alpha value is -1.58. The van der Waals surface area contributed by atoms with E-state index in [4.69, 9.17) is 0 Å². The number of carbonyl (C=O) groups excluding carboxylic acids is 1. The first-order valence-corrected chi connectivity index (χ1v) is 4.13. The van der Waals surface area contributed by atoms with Crippen LogP contribution in [0.25, 0.3) is 0 Å². The second-order valence-electron chi connectivity index (χ2n) is 2.71. The Morgan fingerprint density at radius 2 is 2.62 bits per heavy atom. The molecule has 1 rings (SSSR count). The molecule has 1 heterocycles. The van der Waals surface area contributed by atoms with Gasteiger partial charge in [-0.3, -0.25) is 9.48 Å². The molecular formula is C9H13N3O. The lowest BCUT2D eigenvalue weighted by atomic mass is 10.4. The molecule has 0 saturated carbocycles. The van der Waals surface area contributed by atoms with Crippen molar-refractivity contribution in [3.8, 4) is 0 Å². The van der Waals surface area contributed by atoms with E-state index >= 15 is 0 Å². The van der Waals surface area contributed by atoms with Crippen LogP contribution in [0.2, 0.25) is 0 Å². The van der Waals surface area contributed by atoms with Crippen LogP contribution in [0.15, 0.2) is 24.9 Å². The zero-order chi connectivity index (χ0) is 9.68. The van der Waals surface area contributed by atoms with Crippen LogP contribution < -0.4 is 5.32 Å². The molecule has 1 amide bonds. The van der Waals surface area contributed by atoms with Crippen LogP contribution in [-0.4, -0.2) is 22.2 Å². The minimum absolute atomic E-state index is 0.137. The number of aryl methyl sites for hydroxylation is 1. The summed E-state index contributed by atoms with van der Waals surface area (Å²) in [6.07, 6.45) is 4.28. The average molecular weight is 179 g/mol. The number of hydrogen-bond acceptors (Lipinski definition) is 2. The predicted molar refractivity (Wildman–Crippen MR) is 50.4 cm³/mol. The second kappa shape index (κ2) is 4.45. The fourth-order valence-electron chi connectivity index (χ4n) is 0.914. The Morgan fingerprint density at radius 3 is 3.15 bits per heavy atom. The van der Waals surface area contributed by atoms with Crippen LogP contribution in [0.4, 0.5) is 0 Å². The van der Waals surface area contributed by atoms with Crippen molar-refractivity contribution in [3.05, 3.63) is 30.6 Å². The maximum Gasteiger partial charge on any atom is 0.271 e. The monoisotopic (exact) mass is 179 g/mol. The van der Waals surface area contributed by atoms with Crippen molar-refractivity contribution < 1.29 is 4.79 Å². The van der Waals surface area contributed by atoms with Gasteiger partial charge in [-0.2, -0.15) is 5.10 Å². The summed E-state index contributed by atoms with van der Waals surface area (Å²) in [6, 6.07) is 1.68. The Morgan fingerprint density at radius 1 is 1.85 bits per heavy atom. The van der Waals surface area contributed by atoms with Gasteiger partial charge in [0.05, 0.1) is 0 Å². The minimum atomic E-state index is -0.137.